The highest BCUT2D eigenvalue weighted by Crippen LogP contribution is 2.36. The molecule has 2 N–H and O–H groups in total. The molecular formula is C17H18FN3O2S2. The van der Waals surface area contributed by atoms with E-state index in [1.165, 1.54) is 24.3 Å². The number of halogens is 1. The predicted molar refractivity (Wildman–Crippen MR) is 97.5 cm³/mol. The largest absolute Gasteiger partial charge is 0.319 e. The number of sulfonamides is 1. The fraction of sp³-hybridized carbons (Fsp3) is 0.235. The highest BCUT2D eigenvalue weighted by atomic mass is 32.2. The molecule has 132 valence electrons. The summed E-state index contributed by atoms with van der Waals surface area (Å²) in [5.74, 6) is -0.266. The number of nitrogens with zero attached hydrogens (tertiary/aromatic N) is 2. The molecule has 1 heterocycles. The summed E-state index contributed by atoms with van der Waals surface area (Å²) >= 11 is 1.54. The number of fused-ring (bicyclic) bond motifs is 1. The van der Waals surface area contributed by atoms with Gasteiger partial charge in [-0.25, -0.2) is 22.9 Å². The standard InChI is InChI=1S/C17H18FN3O2S2/c1-3-21-16-9-8-14(25(19,22)23)10-15(16)20-17(21)24-11(2)12-4-6-13(18)7-5-12/h4-11H,3H2,1-2H3,(H2,19,22,23)/t11-/m1/s1. The molecule has 0 unspecified atom stereocenters. The monoisotopic (exact) mass is 379 g/mol. The number of hydrogen-bond acceptors (Lipinski definition) is 4. The SMILES string of the molecule is CCn1c(S[C@H](C)c2ccc(F)cc2)nc2cc(S(N)(=O)=O)ccc21. The second kappa shape index (κ2) is 6.78. The Morgan fingerprint density at radius 3 is 2.52 bits per heavy atom. The number of nitrogens with two attached hydrogens (primary N) is 1. The van der Waals surface area contributed by atoms with E-state index in [4.69, 9.17) is 5.14 Å². The maximum absolute atomic E-state index is 13.1. The summed E-state index contributed by atoms with van der Waals surface area (Å²) in [6.45, 7) is 4.72. The fourth-order valence-electron chi connectivity index (χ4n) is 2.62. The summed E-state index contributed by atoms with van der Waals surface area (Å²) in [5.41, 5.74) is 2.43. The smallest absolute Gasteiger partial charge is 0.238 e. The minimum Gasteiger partial charge on any atom is -0.319 e. The van der Waals surface area contributed by atoms with E-state index in [-0.39, 0.29) is 16.0 Å². The number of benzene rings is 2. The molecule has 0 aliphatic heterocycles. The predicted octanol–water partition coefficient (Wildman–Crippen LogP) is 3.70. The van der Waals surface area contributed by atoms with Crippen molar-refractivity contribution in [3.05, 3.63) is 53.8 Å². The zero-order valence-electron chi connectivity index (χ0n) is 13.8. The second-order valence-electron chi connectivity index (χ2n) is 5.65. The van der Waals surface area contributed by atoms with Crippen molar-refractivity contribution in [3.8, 4) is 0 Å². The minimum absolute atomic E-state index is 0.0453. The van der Waals surface area contributed by atoms with Gasteiger partial charge in [-0.2, -0.15) is 0 Å². The first-order chi connectivity index (χ1) is 11.8. The van der Waals surface area contributed by atoms with Crippen LogP contribution in [-0.4, -0.2) is 18.0 Å². The molecule has 3 aromatic rings. The molecular weight excluding hydrogens is 361 g/mol. The van der Waals surface area contributed by atoms with E-state index in [0.717, 1.165) is 16.2 Å². The minimum atomic E-state index is -3.77. The molecule has 0 saturated carbocycles. The molecule has 0 radical (unpaired) electrons. The molecule has 0 aliphatic rings. The van der Waals surface area contributed by atoms with Crippen molar-refractivity contribution >= 4 is 32.8 Å². The van der Waals surface area contributed by atoms with Crippen molar-refractivity contribution in [2.24, 2.45) is 5.14 Å². The van der Waals surface area contributed by atoms with Crippen LogP contribution in [0.3, 0.4) is 0 Å². The summed E-state index contributed by atoms with van der Waals surface area (Å²) in [7, 11) is -3.77. The highest BCUT2D eigenvalue weighted by Gasteiger charge is 2.17. The quantitative estimate of drug-likeness (QED) is 0.686. The highest BCUT2D eigenvalue weighted by molar-refractivity contribution is 7.99. The average Bonchev–Trinajstić information content (AvgIpc) is 2.90. The number of rotatable bonds is 5. The van der Waals surface area contributed by atoms with Gasteiger partial charge in [-0.3, -0.25) is 0 Å². The van der Waals surface area contributed by atoms with Gasteiger partial charge in [0.1, 0.15) is 5.82 Å². The van der Waals surface area contributed by atoms with Gasteiger partial charge < -0.3 is 4.57 Å². The summed E-state index contributed by atoms with van der Waals surface area (Å²) in [6, 6.07) is 11.1. The van der Waals surface area contributed by atoms with E-state index >= 15 is 0 Å². The first-order valence-electron chi connectivity index (χ1n) is 7.75. The number of thioether (sulfide) groups is 1. The Morgan fingerprint density at radius 1 is 1.24 bits per heavy atom. The van der Waals surface area contributed by atoms with E-state index in [2.05, 4.69) is 4.98 Å². The van der Waals surface area contributed by atoms with Gasteiger partial charge >= 0.3 is 0 Å². The molecule has 0 saturated heterocycles. The fourth-order valence-corrected chi connectivity index (χ4v) is 4.27. The van der Waals surface area contributed by atoms with Gasteiger partial charge in [-0.05, 0) is 49.7 Å². The normalized spacial score (nSPS) is 13.3. The van der Waals surface area contributed by atoms with Crippen molar-refractivity contribution in [1.29, 1.82) is 0 Å². The van der Waals surface area contributed by atoms with E-state index in [1.807, 2.05) is 18.4 Å². The lowest BCUT2D eigenvalue weighted by Crippen LogP contribution is -2.11. The molecule has 3 rings (SSSR count). The van der Waals surface area contributed by atoms with Crippen LogP contribution in [0, 0.1) is 5.82 Å². The summed E-state index contributed by atoms with van der Waals surface area (Å²) in [4.78, 5) is 4.62. The van der Waals surface area contributed by atoms with Crippen LogP contribution < -0.4 is 5.14 Å². The number of primary sulfonamides is 1. The van der Waals surface area contributed by atoms with Crippen LogP contribution in [-0.2, 0) is 16.6 Å². The summed E-state index contributed by atoms with van der Waals surface area (Å²) in [6.07, 6.45) is 0. The van der Waals surface area contributed by atoms with Gasteiger partial charge in [-0.1, -0.05) is 23.9 Å². The van der Waals surface area contributed by atoms with Gasteiger partial charge in [0, 0.05) is 11.8 Å². The van der Waals surface area contributed by atoms with Gasteiger partial charge in [-0.15, -0.1) is 0 Å². The number of aryl methyl sites for hydroxylation is 1. The Hall–Kier alpha value is -1.90. The van der Waals surface area contributed by atoms with E-state index in [0.29, 0.717) is 12.1 Å². The van der Waals surface area contributed by atoms with Crippen molar-refractivity contribution in [1.82, 2.24) is 9.55 Å². The lowest BCUT2D eigenvalue weighted by atomic mass is 10.2. The summed E-state index contributed by atoms with van der Waals surface area (Å²) in [5, 5.41) is 6.04. The molecule has 0 aliphatic carbocycles. The van der Waals surface area contributed by atoms with Gasteiger partial charge in [0.05, 0.1) is 15.9 Å². The summed E-state index contributed by atoms with van der Waals surface area (Å²) < 4.78 is 38.2. The molecule has 5 nitrogen and oxygen atoms in total. The van der Waals surface area contributed by atoms with Gasteiger partial charge in [0.15, 0.2) is 5.16 Å². The van der Waals surface area contributed by atoms with Crippen LogP contribution >= 0.6 is 11.8 Å². The zero-order chi connectivity index (χ0) is 18.2. The first-order valence-corrected chi connectivity index (χ1v) is 10.2. The molecule has 0 spiro atoms. The van der Waals surface area contributed by atoms with E-state index in [9.17, 15) is 12.8 Å². The van der Waals surface area contributed by atoms with Crippen LogP contribution in [0.2, 0.25) is 0 Å². The Morgan fingerprint density at radius 2 is 1.92 bits per heavy atom. The third kappa shape index (κ3) is 3.70. The van der Waals surface area contributed by atoms with Crippen molar-refractivity contribution < 1.29 is 12.8 Å². The molecule has 2 aromatic carbocycles. The zero-order valence-corrected chi connectivity index (χ0v) is 15.4. The Kier molecular flexibility index (Phi) is 4.86. The molecule has 0 fully saturated rings. The number of aromatic nitrogens is 2. The Bertz CT molecular complexity index is 1010. The number of imidazole rings is 1. The van der Waals surface area contributed by atoms with E-state index < -0.39 is 10.0 Å². The topological polar surface area (TPSA) is 78.0 Å². The molecule has 1 aromatic heterocycles. The second-order valence-corrected chi connectivity index (χ2v) is 8.52. The van der Waals surface area contributed by atoms with Crippen molar-refractivity contribution in [3.63, 3.8) is 0 Å². The molecule has 0 amide bonds. The lowest BCUT2D eigenvalue weighted by molar-refractivity contribution is 0.598. The van der Waals surface area contributed by atoms with Crippen molar-refractivity contribution in [2.75, 3.05) is 0 Å². The Balaban J connectivity index is 1.99. The third-order valence-electron chi connectivity index (χ3n) is 3.95. The maximum atomic E-state index is 13.1. The molecule has 1 atom stereocenters. The third-order valence-corrected chi connectivity index (χ3v) is 6.01. The van der Waals surface area contributed by atoms with Gasteiger partial charge in [0.25, 0.3) is 0 Å². The molecule has 25 heavy (non-hydrogen) atoms. The van der Waals surface area contributed by atoms with Gasteiger partial charge in [0.2, 0.25) is 10.0 Å². The van der Waals surface area contributed by atoms with Crippen molar-refractivity contribution in [2.45, 2.75) is 35.7 Å². The van der Waals surface area contributed by atoms with Crippen LogP contribution in [0.1, 0.15) is 24.7 Å². The molecule has 0 bridgehead atoms. The Labute approximate surface area is 150 Å². The lowest BCUT2D eigenvalue weighted by Gasteiger charge is -2.12. The molecule has 8 heteroatoms. The van der Waals surface area contributed by atoms with Crippen LogP contribution in [0.25, 0.3) is 11.0 Å². The van der Waals surface area contributed by atoms with Crippen LogP contribution in [0.5, 0.6) is 0 Å². The maximum Gasteiger partial charge on any atom is 0.238 e. The first kappa shape index (κ1) is 17.9. The number of hydrogen-bond donors (Lipinski definition) is 1. The van der Waals surface area contributed by atoms with Crippen LogP contribution in [0.15, 0.2) is 52.5 Å². The van der Waals surface area contributed by atoms with Crippen LogP contribution in [0.4, 0.5) is 4.39 Å². The average molecular weight is 379 g/mol. The van der Waals surface area contributed by atoms with E-state index in [1.54, 1.807) is 30.0 Å².